The molecular weight excluding hydrogens is 641 g/mol. The summed E-state index contributed by atoms with van der Waals surface area (Å²) in [5, 5.41) is 21.3. The van der Waals surface area contributed by atoms with Gasteiger partial charge in [-0.15, -0.1) is 13.2 Å². The number of aliphatic hydroxyl groups excluding tert-OH is 2. The van der Waals surface area contributed by atoms with Crippen LogP contribution in [0.5, 0.6) is 11.5 Å². The van der Waals surface area contributed by atoms with E-state index in [1.54, 1.807) is 0 Å². The average Bonchev–Trinajstić information content (AvgIpc) is 3.14. The minimum absolute atomic E-state index is 0.270. The van der Waals surface area contributed by atoms with E-state index in [1.165, 1.54) is 120 Å². The first-order valence-corrected chi connectivity index (χ1v) is 21.4. The van der Waals surface area contributed by atoms with E-state index >= 15 is 0 Å². The molecule has 0 saturated heterocycles. The molecule has 0 fully saturated rings. The van der Waals surface area contributed by atoms with Gasteiger partial charge in [0.05, 0.1) is 12.2 Å². The van der Waals surface area contributed by atoms with Crippen LogP contribution in [0.25, 0.3) is 0 Å². The predicted molar refractivity (Wildman–Crippen MR) is 224 cm³/mol. The summed E-state index contributed by atoms with van der Waals surface area (Å²) in [6.07, 6.45) is 30.3. The van der Waals surface area contributed by atoms with E-state index in [-0.39, 0.29) is 5.41 Å². The largest absolute Gasteiger partial charge is 0.491 e. The van der Waals surface area contributed by atoms with E-state index in [2.05, 4.69) is 77.3 Å². The van der Waals surface area contributed by atoms with Crippen LogP contribution in [0.2, 0.25) is 0 Å². The monoisotopic (exact) mass is 719 g/mol. The first kappa shape index (κ1) is 45.6. The molecule has 0 aliphatic rings. The maximum Gasteiger partial charge on any atom is 0.122 e. The standard InChI is InChI=1S/C48H78O4/c1-7-11-13-15-17-19-21-23-25-27-31-45(50)39-52-47-35-33-43(37-41(47)29-10-4)48(5,6)42-32-34-46(40(36-42)28-9-3)51-38-44(49)30-26-24-22-20-18-16-14-12-8-2/h9-10,32-37,44-45,49-50H,3-4,7-8,11-31,38-39H2,1-2,5-6H3. The number of benzene rings is 2. The number of allylic oxidation sites excluding steroid dienone is 2. The zero-order valence-corrected chi connectivity index (χ0v) is 34.1. The van der Waals surface area contributed by atoms with Crippen LogP contribution < -0.4 is 9.47 Å². The lowest BCUT2D eigenvalue weighted by Gasteiger charge is -2.28. The van der Waals surface area contributed by atoms with Crippen LogP contribution in [-0.4, -0.2) is 35.6 Å². The fraction of sp³-hybridized carbons (Fsp3) is 0.667. The van der Waals surface area contributed by atoms with Gasteiger partial charge in [-0.3, -0.25) is 0 Å². The Morgan fingerprint density at radius 1 is 0.538 bits per heavy atom. The summed E-state index contributed by atoms with van der Waals surface area (Å²) in [6.45, 7) is 17.6. The highest BCUT2D eigenvalue weighted by Crippen LogP contribution is 2.37. The summed E-state index contributed by atoms with van der Waals surface area (Å²) in [5.41, 5.74) is 4.28. The van der Waals surface area contributed by atoms with Gasteiger partial charge in [-0.25, -0.2) is 0 Å². The van der Waals surface area contributed by atoms with E-state index in [0.717, 1.165) is 48.3 Å². The maximum atomic E-state index is 10.7. The lowest BCUT2D eigenvalue weighted by molar-refractivity contribution is 0.0969. The Labute approximate surface area is 320 Å². The van der Waals surface area contributed by atoms with Crippen molar-refractivity contribution in [2.75, 3.05) is 13.2 Å². The quantitative estimate of drug-likeness (QED) is 0.0570. The smallest absolute Gasteiger partial charge is 0.122 e. The highest BCUT2D eigenvalue weighted by atomic mass is 16.5. The molecule has 0 bridgehead atoms. The first-order valence-electron chi connectivity index (χ1n) is 21.4. The minimum Gasteiger partial charge on any atom is -0.491 e. The van der Waals surface area contributed by atoms with Crippen molar-refractivity contribution in [3.8, 4) is 11.5 Å². The van der Waals surface area contributed by atoms with Crippen LogP contribution in [0.3, 0.4) is 0 Å². The van der Waals surface area contributed by atoms with Gasteiger partial charge < -0.3 is 19.7 Å². The third-order valence-electron chi connectivity index (χ3n) is 10.7. The van der Waals surface area contributed by atoms with Gasteiger partial charge >= 0.3 is 0 Å². The molecule has 0 aliphatic carbocycles. The van der Waals surface area contributed by atoms with Crippen molar-refractivity contribution in [3.63, 3.8) is 0 Å². The van der Waals surface area contributed by atoms with Gasteiger partial charge in [0, 0.05) is 5.41 Å². The third-order valence-corrected chi connectivity index (χ3v) is 10.7. The second kappa shape index (κ2) is 28.0. The Hall–Kier alpha value is -2.56. The normalized spacial score (nSPS) is 12.8. The number of ether oxygens (including phenoxy) is 2. The van der Waals surface area contributed by atoms with Gasteiger partial charge in [-0.1, -0.05) is 186 Å². The number of hydrogen-bond acceptors (Lipinski definition) is 4. The molecule has 2 atom stereocenters. The molecule has 0 amide bonds. The van der Waals surface area contributed by atoms with Crippen molar-refractivity contribution in [1.82, 2.24) is 0 Å². The molecule has 2 aromatic rings. The van der Waals surface area contributed by atoms with E-state index in [1.807, 2.05) is 12.2 Å². The van der Waals surface area contributed by atoms with Gasteiger partial charge in [0.25, 0.3) is 0 Å². The Balaban J connectivity index is 1.90. The van der Waals surface area contributed by atoms with Gasteiger partial charge in [-0.05, 0) is 60.1 Å². The maximum absolute atomic E-state index is 10.7. The summed E-state index contributed by atoms with van der Waals surface area (Å²) in [6, 6.07) is 12.9. The molecule has 0 spiro atoms. The molecule has 2 N–H and O–H groups in total. The number of hydrogen-bond donors (Lipinski definition) is 2. The van der Waals surface area contributed by atoms with Gasteiger partial charge in [0.2, 0.25) is 0 Å². The molecule has 294 valence electrons. The molecular formula is C48H78O4. The van der Waals surface area contributed by atoms with Crippen molar-refractivity contribution in [1.29, 1.82) is 0 Å². The fourth-order valence-corrected chi connectivity index (χ4v) is 7.11. The van der Waals surface area contributed by atoms with Gasteiger partial charge in [0.1, 0.15) is 24.7 Å². The predicted octanol–water partition coefficient (Wildman–Crippen LogP) is 13.2. The van der Waals surface area contributed by atoms with Crippen LogP contribution in [-0.2, 0) is 18.3 Å². The summed E-state index contributed by atoms with van der Waals surface area (Å²) >= 11 is 0. The van der Waals surface area contributed by atoms with E-state index in [9.17, 15) is 10.2 Å². The van der Waals surface area contributed by atoms with Crippen LogP contribution in [0.1, 0.15) is 185 Å². The van der Waals surface area contributed by atoms with Crippen LogP contribution in [0, 0.1) is 0 Å². The van der Waals surface area contributed by atoms with Crippen molar-refractivity contribution in [3.05, 3.63) is 84.0 Å². The van der Waals surface area contributed by atoms with Crippen molar-refractivity contribution < 1.29 is 19.7 Å². The zero-order chi connectivity index (χ0) is 37.9. The molecule has 2 aromatic carbocycles. The highest BCUT2D eigenvalue weighted by Gasteiger charge is 2.25. The minimum atomic E-state index is -0.457. The fourth-order valence-electron chi connectivity index (χ4n) is 7.11. The summed E-state index contributed by atoms with van der Waals surface area (Å²) in [7, 11) is 0. The van der Waals surface area contributed by atoms with Crippen LogP contribution >= 0.6 is 0 Å². The SMILES string of the molecule is C=CCc1cc(C(C)(C)c2ccc(OCC(O)CCCCCCCCCCCC)c(CC=C)c2)ccc1OCC(O)CCCCCCCCCCC. The van der Waals surface area contributed by atoms with Gasteiger partial charge in [-0.2, -0.15) is 0 Å². The summed E-state index contributed by atoms with van der Waals surface area (Å²) in [4.78, 5) is 0. The van der Waals surface area contributed by atoms with Gasteiger partial charge in [0.15, 0.2) is 0 Å². The second-order valence-corrected chi connectivity index (χ2v) is 15.8. The van der Waals surface area contributed by atoms with E-state index in [0.29, 0.717) is 26.1 Å². The zero-order valence-electron chi connectivity index (χ0n) is 34.1. The van der Waals surface area contributed by atoms with E-state index in [4.69, 9.17) is 9.47 Å². The number of aliphatic hydroxyl groups is 2. The average molecular weight is 719 g/mol. The van der Waals surface area contributed by atoms with Crippen molar-refractivity contribution in [2.45, 2.75) is 193 Å². The second-order valence-electron chi connectivity index (χ2n) is 15.8. The molecule has 0 aromatic heterocycles. The molecule has 2 unspecified atom stereocenters. The molecule has 0 radical (unpaired) electrons. The molecule has 0 heterocycles. The summed E-state index contributed by atoms with van der Waals surface area (Å²) < 4.78 is 12.4. The summed E-state index contributed by atoms with van der Waals surface area (Å²) in [5.74, 6) is 1.64. The first-order chi connectivity index (χ1) is 25.3. The number of unbranched alkanes of at least 4 members (excludes halogenated alkanes) is 17. The lowest BCUT2D eigenvalue weighted by Crippen LogP contribution is -2.21. The van der Waals surface area contributed by atoms with Crippen molar-refractivity contribution in [2.24, 2.45) is 0 Å². The van der Waals surface area contributed by atoms with Crippen LogP contribution in [0.15, 0.2) is 61.7 Å². The molecule has 52 heavy (non-hydrogen) atoms. The third kappa shape index (κ3) is 18.5. The Kier molecular flexibility index (Phi) is 24.5. The Morgan fingerprint density at radius 2 is 0.865 bits per heavy atom. The molecule has 2 rings (SSSR count). The molecule has 0 aliphatic heterocycles. The van der Waals surface area contributed by atoms with Crippen molar-refractivity contribution >= 4 is 0 Å². The molecule has 4 heteroatoms. The molecule has 0 saturated carbocycles. The molecule has 4 nitrogen and oxygen atoms in total. The van der Waals surface area contributed by atoms with Crippen LogP contribution in [0.4, 0.5) is 0 Å². The topological polar surface area (TPSA) is 58.9 Å². The highest BCUT2D eigenvalue weighted by molar-refractivity contribution is 5.48. The Morgan fingerprint density at radius 3 is 1.19 bits per heavy atom. The lowest BCUT2D eigenvalue weighted by atomic mass is 9.76. The number of rotatable bonds is 33. The Bertz CT molecular complexity index is 1220. The van der Waals surface area contributed by atoms with E-state index < -0.39 is 12.2 Å².